The molecule has 2 aromatic heterocycles. The number of aromatic amines is 1. The largest absolute Gasteiger partial charge is 0.467 e. The topological polar surface area (TPSA) is 219 Å². The van der Waals surface area contributed by atoms with Crippen LogP contribution in [0.3, 0.4) is 0 Å². The smallest absolute Gasteiger partial charge is 0.336 e. The average Bonchev–Trinajstić information content (AvgIpc) is 3.50. The molecule has 0 bridgehead atoms. The van der Waals surface area contributed by atoms with E-state index in [1.54, 1.807) is 13.8 Å². The molecule has 0 spiro atoms. The summed E-state index contributed by atoms with van der Waals surface area (Å²) in [4.78, 5) is 62.1. The lowest BCUT2D eigenvalue weighted by molar-refractivity contribution is -0.154. The van der Waals surface area contributed by atoms with E-state index in [1.807, 2.05) is 60.7 Å². The SMILES string of the molecule is CCOC(=O)[C@H](Cc1ccccc1)NP(=O)(CCO[C@@H](Cn1cnc2c(=O)[nH]c(N)nc21)C(=O)OC)N[C@@H](Cc1ccccc1)C(=O)OCC. The molecule has 0 saturated heterocycles. The number of esters is 3. The minimum Gasteiger partial charge on any atom is -0.467 e. The van der Waals surface area contributed by atoms with Gasteiger partial charge in [0.25, 0.3) is 5.56 Å². The Balaban J connectivity index is 1.63. The summed E-state index contributed by atoms with van der Waals surface area (Å²) in [5.74, 6) is -2.19. The fourth-order valence-corrected chi connectivity index (χ4v) is 7.25. The molecule has 16 nitrogen and oxygen atoms in total. The number of nitrogen functional groups attached to an aromatic ring is 1. The minimum atomic E-state index is -3.95. The Hall–Kier alpha value is -4.89. The quantitative estimate of drug-likeness (QED) is 0.0621. The average molecular weight is 712 g/mol. The van der Waals surface area contributed by atoms with Gasteiger partial charge in [-0.2, -0.15) is 4.98 Å². The predicted octanol–water partition coefficient (Wildman–Crippen LogP) is 1.98. The normalized spacial score (nSPS) is 13.3. The number of hydrogen-bond donors (Lipinski definition) is 4. The molecule has 0 aliphatic rings. The van der Waals surface area contributed by atoms with E-state index in [-0.39, 0.29) is 62.5 Å². The number of imidazole rings is 1. The van der Waals surface area contributed by atoms with E-state index in [1.165, 1.54) is 18.0 Å². The molecule has 5 N–H and O–H groups in total. The van der Waals surface area contributed by atoms with Gasteiger partial charge < -0.3 is 29.2 Å². The van der Waals surface area contributed by atoms with Gasteiger partial charge >= 0.3 is 17.9 Å². The number of benzene rings is 2. The van der Waals surface area contributed by atoms with Crippen molar-refractivity contribution in [1.29, 1.82) is 0 Å². The second kappa shape index (κ2) is 18.2. The number of anilines is 1. The lowest BCUT2D eigenvalue weighted by atomic mass is 10.1. The highest BCUT2D eigenvalue weighted by Crippen LogP contribution is 2.38. The second-order valence-electron chi connectivity index (χ2n) is 11.1. The monoisotopic (exact) mass is 711 g/mol. The Kier molecular flexibility index (Phi) is 13.8. The maximum Gasteiger partial charge on any atom is 0.336 e. The first-order chi connectivity index (χ1) is 24.1. The van der Waals surface area contributed by atoms with Crippen LogP contribution in [0.5, 0.6) is 0 Å². The molecule has 0 aliphatic carbocycles. The van der Waals surface area contributed by atoms with Gasteiger partial charge in [-0.3, -0.25) is 23.9 Å². The summed E-state index contributed by atoms with van der Waals surface area (Å²) < 4.78 is 37.9. The number of nitrogens with two attached hydrogens (primary N) is 1. The van der Waals surface area contributed by atoms with E-state index in [2.05, 4.69) is 25.1 Å². The molecule has 17 heteroatoms. The zero-order valence-electron chi connectivity index (χ0n) is 28.1. The van der Waals surface area contributed by atoms with E-state index >= 15 is 0 Å². The molecule has 2 heterocycles. The Morgan fingerprint density at radius 3 is 1.94 bits per heavy atom. The summed E-state index contributed by atoms with van der Waals surface area (Å²) in [6.07, 6.45) is 0.0147. The zero-order valence-corrected chi connectivity index (χ0v) is 29.0. The fraction of sp³-hybridized carbons (Fsp3) is 0.394. The Morgan fingerprint density at radius 2 is 1.44 bits per heavy atom. The van der Waals surface area contributed by atoms with E-state index in [0.29, 0.717) is 0 Å². The molecule has 3 atom stereocenters. The minimum absolute atomic E-state index is 0.00700. The van der Waals surface area contributed by atoms with Gasteiger partial charge in [0.15, 0.2) is 17.3 Å². The second-order valence-corrected chi connectivity index (χ2v) is 13.6. The van der Waals surface area contributed by atoms with E-state index in [0.717, 1.165) is 11.1 Å². The van der Waals surface area contributed by atoms with Crippen molar-refractivity contribution >= 4 is 42.5 Å². The van der Waals surface area contributed by atoms with Gasteiger partial charge in [-0.1, -0.05) is 60.7 Å². The van der Waals surface area contributed by atoms with Crippen molar-refractivity contribution < 1.29 is 37.9 Å². The zero-order chi connectivity index (χ0) is 36.1. The summed E-state index contributed by atoms with van der Waals surface area (Å²) in [5.41, 5.74) is 6.84. The number of fused-ring (bicyclic) bond motifs is 1. The van der Waals surface area contributed by atoms with Crippen LogP contribution in [0.25, 0.3) is 11.2 Å². The number of hydrogen-bond acceptors (Lipinski definition) is 12. The molecule has 0 amide bonds. The van der Waals surface area contributed by atoms with Gasteiger partial charge in [0.05, 0.1) is 46.0 Å². The number of carbonyl (C=O) groups excluding carboxylic acids is 3. The van der Waals surface area contributed by atoms with Gasteiger partial charge in [-0.05, 0) is 37.8 Å². The van der Waals surface area contributed by atoms with Crippen molar-refractivity contribution in [1.82, 2.24) is 29.7 Å². The number of aromatic nitrogens is 4. The third-order valence-electron chi connectivity index (χ3n) is 7.48. The van der Waals surface area contributed by atoms with Gasteiger partial charge in [0.2, 0.25) is 13.4 Å². The van der Waals surface area contributed by atoms with Crippen molar-refractivity contribution in [2.24, 2.45) is 0 Å². The number of rotatable bonds is 19. The van der Waals surface area contributed by atoms with Crippen LogP contribution in [0.1, 0.15) is 25.0 Å². The van der Waals surface area contributed by atoms with Gasteiger partial charge in [-0.25, -0.2) is 20.0 Å². The number of ether oxygens (including phenoxy) is 4. The lowest BCUT2D eigenvalue weighted by Crippen LogP contribution is -2.47. The first-order valence-electron chi connectivity index (χ1n) is 16.0. The Morgan fingerprint density at radius 1 is 0.900 bits per heavy atom. The van der Waals surface area contributed by atoms with E-state index < -0.39 is 49.1 Å². The van der Waals surface area contributed by atoms with Crippen molar-refractivity contribution in [3.05, 3.63) is 88.5 Å². The number of nitrogens with one attached hydrogen (secondary N) is 3. The molecule has 2 aromatic carbocycles. The van der Waals surface area contributed by atoms with Crippen molar-refractivity contribution in [2.75, 3.05) is 38.8 Å². The summed E-state index contributed by atoms with van der Waals surface area (Å²) in [5, 5.41) is 5.93. The van der Waals surface area contributed by atoms with E-state index in [4.69, 9.17) is 24.7 Å². The van der Waals surface area contributed by atoms with E-state index in [9.17, 15) is 23.7 Å². The molecule has 50 heavy (non-hydrogen) atoms. The van der Waals surface area contributed by atoms with Gasteiger partial charge in [0, 0.05) is 0 Å². The molecule has 0 saturated carbocycles. The molecule has 4 aromatic rings. The highest BCUT2D eigenvalue weighted by atomic mass is 31.2. The van der Waals surface area contributed by atoms with Crippen LogP contribution < -0.4 is 21.5 Å². The molecule has 0 radical (unpaired) electrons. The van der Waals surface area contributed by atoms with Crippen LogP contribution in [0.15, 0.2) is 71.8 Å². The van der Waals surface area contributed by atoms with Crippen LogP contribution in [0.4, 0.5) is 5.95 Å². The number of H-pyrrole nitrogens is 1. The third-order valence-corrected chi connectivity index (χ3v) is 9.75. The molecule has 0 unspecified atom stereocenters. The van der Waals surface area contributed by atoms with Crippen LogP contribution >= 0.6 is 7.44 Å². The maximum atomic E-state index is 14.9. The van der Waals surface area contributed by atoms with Crippen LogP contribution in [0.2, 0.25) is 0 Å². The predicted molar refractivity (Wildman–Crippen MR) is 184 cm³/mol. The van der Waals surface area contributed by atoms with Crippen LogP contribution in [-0.4, -0.2) is 88.7 Å². The molecule has 0 aliphatic heterocycles. The van der Waals surface area contributed by atoms with Gasteiger partial charge in [0.1, 0.15) is 12.1 Å². The number of methoxy groups -OCH3 is 1. The third kappa shape index (κ3) is 10.6. The molecular weight excluding hydrogens is 669 g/mol. The summed E-state index contributed by atoms with van der Waals surface area (Å²) in [6.45, 7) is 3.02. The van der Waals surface area contributed by atoms with Crippen molar-refractivity contribution in [3.8, 4) is 0 Å². The lowest BCUT2D eigenvalue weighted by Gasteiger charge is -2.29. The molecule has 268 valence electrons. The maximum absolute atomic E-state index is 14.9. The highest BCUT2D eigenvalue weighted by molar-refractivity contribution is 7.60. The molecule has 4 rings (SSSR count). The Bertz CT molecular complexity index is 1770. The van der Waals surface area contributed by atoms with Gasteiger partial charge in [-0.15, -0.1) is 0 Å². The number of nitrogens with zero attached hydrogens (tertiary/aromatic N) is 3. The van der Waals surface area contributed by atoms with Crippen molar-refractivity contribution in [2.45, 2.75) is 51.4 Å². The van der Waals surface area contributed by atoms with Crippen molar-refractivity contribution in [3.63, 3.8) is 0 Å². The summed E-state index contributed by atoms with van der Waals surface area (Å²) >= 11 is 0. The fourth-order valence-electron chi connectivity index (χ4n) is 5.15. The summed E-state index contributed by atoms with van der Waals surface area (Å²) in [6, 6.07) is 16.1. The first-order valence-corrected chi connectivity index (χ1v) is 17.9. The first kappa shape index (κ1) is 37.9. The Labute approximate surface area is 288 Å². The molecule has 0 fully saturated rings. The molecular formula is C33H42N7O9P. The van der Waals surface area contributed by atoms with Crippen LogP contribution in [0, 0.1) is 0 Å². The standard InChI is InChI=1S/C33H42N7O9P/c1-4-47-30(42)24(18-22-12-8-6-9-13-22)38-50(45,39-25(31(43)48-5-2)19-23-14-10-7-11-15-23)17-16-49-26(32(44)46-3)20-40-21-35-27-28(40)36-33(34)37-29(27)41/h6-15,21,24-26H,4-5,16-20H2,1-3H3,(H2,38,39,45)(H3,34,36,37,41)/t24-,25-,26-/m0/s1. The van der Waals surface area contributed by atoms with Crippen LogP contribution in [-0.2, 0) is 57.3 Å². The number of carbonyl (C=O) groups is 3. The highest BCUT2D eigenvalue weighted by Gasteiger charge is 2.36. The summed E-state index contributed by atoms with van der Waals surface area (Å²) in [7, 11) is -2.77.